The summed E-state index contributed by atoms with van der Waals surface area (Å²) in [6.45, 7) is 8.63. The third-order valence-corrected chi connectivity index (χ3v) is 6.46. The fourth-order valence-electron chi connectivity index (χ4n) is 3.68. The van der Waals surface area contributed by atoms with Crippen LogP contribution in [0.3, 0.4) is 0 Å². The van der Waals surface area contributed by atoms with Crippen LogP contribution in [0.1, 0.15) is 29.1 Å². The fraction of sp³-hybridized carbons (Fsp3) is 0.304. The van der Waals surface area contributed by atoms with Crippen molar-refractivity contribution in [3.63, 3.8) is 0 Å². The number of carbonyl (C=O) groups is 1. The Hall–Kier alpha value is -2.97. The third-order valence-electron chi connectivity index (χ3n) is 5.47. The number of aromatic nitrogens is 1. The molecule has 2 heterocycles. The van der Waals surface area contributed by atoms with Crippen LogP contribution in [0.2, 0.25) is 0 Å². The van der Waals surface area contributed by atoms with Gasteiger partial charge in [-0.15, -0.1) is 0 Å². The van der Waals surface area contributed by atoms with E-state index in [0.29, 0.717) is 16.1 Å². The first-order valence-electron chi connectivity index (χ1n) is 10.3. The van der Waals surface area contributed by atoms with Gasteiger partial charge in [-0.1, -0.05) is 23.5 Å². The van der Waals surface area contributed by atoms with Crippen molar-refractivity contribution in [2.24, 2.45) is 0 Å². The van der Waals surface area contributed by atoms with E-state index < -0.39 is 5.82 Å². The largest absolute Gasteiger partial charge is 0.382 e. The van der Waals surface area contributed by atoms with Crippen LogP contribution < -0.4 is 16.0 Å². The summed E-state index contributed by atoms with van der Waals surface area (Å²) in [5, 5.41) is 3.73. The van der Waals surface area contributed by atoms with Crippen molar-refractivity contribution in [2.45, 2.75) is 19.9 Å². The second-order valence-corrected chi connectivity index (χ2v) is 8.86. The topological polar surface area (TPSA) is 74.5 Å². The van der Waals surface area contributed by atoms with Crippen LogP contribution >= 0.6 is 11.3 Å². The van der Waals surface area contributed by atoms with Gasteiger partial charge in [-0.3, -0.25) is 9.69 Å². The molecule has 1 aliphatic heterocycles. The summed E-state index contributed by atoms with van der Waals surface area (Å²) < 4.78 is 13.4. The Kier molecular flexibility index (Phi) is 6.20. The lowest BCUT2D eigenvalue weighted by Crippen LogP contribution is -2.48. The maximum absolute atomic E-state index is 13.4. The molecule has 0 atom stereocenters. The number of anilines is 4. The van der Waals surface area contributed by atoms with Crippen LogP contribution in [0, 0.1) is 5.82 Å². The number of nitrogens with two attached hydrogens (primary N) is 1. The summed E-state index contributed by atoms with van der Waals surface area (Å²) in [5.74, 6) is -0.655. The number of carbonyl (C=O) groups excluding carboxylic acids is 1. The van der Waals surface area contributed by atoms with E-state index in [4.69, 9.17) is 5.73 Å². The van der Waals surface area contributed by atoms with Crippen molar-refractivity contribution in [3.8, 4) is 0 Å². The van der Waals surface area contributed by atoms with Crippen LogP contribution in [0.5, 0.6) is 0 Å². The number of hydrogen-bond acceptors (Lipinski definition) is 7. The highest BCUT2D eigenvalue weighted by Gasteiger charge is 2.20. The molecule has 162 valence electrons. The number of nitrogen functional groups attached to an aromatic ring is 1. The number of thiazole rings is 1. The van der Waals surface area contributed by atoms with Gasteiger partial charge in [0.2, 0.25) is 5.78 Å². The van der Waals surface area contributed by atoms with Gasteiger partial charge in [0.1, 0.15) is 16.5 Å². The third kappa shape index (κ3) is 4.86. The molecule has 8 heteroatoms. The molecule has 3 aromatic rings. The lowest BCUT2D eigenvalue weighted by molar-refractivity contribution is 0.104. The van der Waals surface area contributed by atoms with Crippen molar-refractivity contribution in [1.29, 1.82) is 0 Å². The maximum Gasteiger partial charge on any atom is 0.206 e. The molecule has 0 radical (unpaired) electrons. The van der Waals surface area contributed by atoms with E-state index in [1.54, 1.807) is 6.07 Å². The van der Waals surface area contributed by atoms with Crippen LogP contribution in [-0.4, -0.2) is 47.9 Å². The molecular formula is C23H26FN5OS. The summed E-state index contributed by atoms with van der Waals surface area (Å²) in [5.41, 5.74) is 8.27. The second-order valence-electron chi connectivity index (χ2n) is 7.86. The SMILES string of the molecule is CC(C)N1CCN(c2ccc(Nc3nc(N)c(C(=O)c4cccc(F)c4)s3)cc2)CC1. The van der Waals surface area contributed by atoms with Gasteiger partial charge in [0.25, 0.3) is 0 Å². The van der Waals surface area contributed by atoms with Crippen LogP contribution in [0.25, 0.3) is 0 Å². The van der Waals surface area contributed by atoms with E-state index in [-0.39, 0.29) is 17.2 Å². The molecule has 1 aliphatic rings. The Morgan fingerprint density at radius 2 is 1.84 bits per heavy atom. The zero-order chi connectivity index (χ0) is 22.0. The van der Waals surface area contributed by atoms with Gasteiger partial charge < -0.3 is 16.0 Å². The van der Waals surface area contributed by atoms with Gasteiger partial charge in [0.05, 0.1) is 0 Å². The first-order chi connectivity index (χ1) is 14.9. The van der Waals surface area contributed by atoms with Gasteiger partial charge in [-0.2, -0.15) is 0 Å². The number of hydrogen-bond donors (Lipinski definition) is 2. The molecule has 4 rings (SSSR count). The Morgan fingerprint density at radius 3 is 2.48 bits per heavy atom. The minimum absolute atomic E-state index is 0.140. The molecule has 0 aliphatic carbocycles. The molecule has 0 unspecified atom stereocenters. The summed E-state index contributed by atoms with van der Waals surface area (Å²) in [6.07, 6.45) is 0. The first-order valence-corrected chi connectivity index (χ1v) is 11.1. The molecule has 1 aromatic heterocycles. The zero-order valence-corrected chi connectivity index (χ0v) is 18.5. The molecule has 31 heavy (non-hydrogen) atoms. The van der Waals surface area contributed by atoms with Crippen LogP contribution in [0.15, 0.2) is 48.5 Å². The Labute approximate surface area is 185 Å². The minimum Gasteiger partial charge on any atom is -0.382 e. The number of nitrogens with zero attached hydrogens (tertiary/aromatic N) is 3. The highest BCUT2D eigenvalue weighted by Crippen LogP contribution is 2.30. The van der Waals surface area contributed by atoms with E-state index in [1.165, 1.54) is 23.9 Å². The molecule has 0 amide bonds. The predicted molar refractivity (Wildman–Crippen MR) is 125 cm³/mol. The number of benzene rings is 2. The molecule has 0 bridgehead atoms. The number of ketones is 1. The van der Waals surface area contributed by atoms with Crippen LogP contribution in [0.4, 0.5) is 26.7 Å². The Bertz CT molecular complexity index is 1060. The van der Waals surface area contributed by atoms with Crippen molar-refractivity contribution >= 4 is 39.4 Å². The average Bonchev–Trinajstić information content (AvgIpc) is 3.13. The monoisotopic (exact) mass is 439 g/mol. The molecule has 1 fully saturated rings. The lowest BCUT2D eigenvalue weighted by Gasteiger charge is -2.38. The summed E-state index contributed by atoms with van der Waals surface area (Å²) >= 11 is 1.16. The first kappa shape index (κ1) is 21.3. The number of rotatable bonds is 6. The molecule has 1 saturated heterocycles. The van der Waals surface area contributed by atoms with E-state index in [9.17, 15) is 9.18 Å². The lowest BCUT2D eigenvalue weighted by atomic mass is 10.1. The highest BCUT2D eigenvalue weighted by molar-refractivity contribution is 7.18. The second kappa shape index (κ2) is 9.03. The molecule has 6 nitrogen and oxygen atoms in total. The average molecular weight is 440 g/mol. The van der Waals surface area contributed by atoms with E-state index >= 15 is 0 Å². The van der Waals surface area contributed by atoms with Gasteiger partial charge in [-0.05, 0) is 50.2 Å². The van der Waals surface area contributed by atoms with Gasteiger partial charge in [0.15, 0.2) is 5.13 Å². The standard InChI is InChI=1S/C23H26FN5OS/c1-15(2)28-10-12-29(13-11-28)19-8-6-18(7-9-19)26-23-27-22(25)21(31-23)20(30)16-4-3-5-17(24)14-16/h3-9,14-15H,10-13,25H2,1-2H3,(H,26,27). The molecular weight excluding hydrogens is 413 g/mol. The smallest absolute Gasteiger partial charge is 0.206 e. The molecule has 0 saturated carbocycles. The molecule has 2 aromatic carbocycles. The minimum atomic E-state index is -0.460. The maximum atomic E-state index is 13.4. The van der Waals surface area contributed by atoms with E-state index in [1.807, 2.05) is 12.1 Å². The number of piperazine rings is 1. The summed E-state index contributed by atoms with van der Waals surface area (Å²) in [7, 11) is 0. The van der Waals surface area contributed by atoms with E-state index in [2.05, 4.69) is 46.1 Å². The van der Waals surface area contributed by atoms with E-state index in [0.717, 1.165) is 43.2 Å². The zero-order valence-electron chi connectivity index (χ0n) is 17.6. The molecule has 3 N–H and O–H groups in total. The van der Waals surface area contributed by atoms with Crippen molar-refractivity contribution in [3.05, 3.63) is 64.8 Å². The highest BCUT2D eigenvalue weighted by atomic mass is 32.1. The predicted octanol–water partition coefficient (Wildman–Crippen LogP) is 4.37. The van der Waals surface area contributed by atoms with Crippen molar-refractivity contribution in [1.82, 2.24) is 9.88 Å². The normalized spacial score (nSPS) is 14.8. The van der Waals surface area contributed by atoms with Gasteiger partial charge >= 0.3 is 0 Å². The summed E-state index contributed by atoms with van der Waals surface area (Å²) in [4.78, 5) is 22.1. The quantitative estimate of drug-likeness (QED) is 0.556. The van der Waals surface area contributed by atoms with Crippen LogP contribution in [-0.2, 0) is 0 Å². The van der Waals surface area contributed by atoms with Gasteiger partial charge in [-0.25, -0.2) is 9.37 Å². The summed E-state index contributed by atoms with van der Waals surface area (Å²) in [6, 6.07) is 14.3. The number of halogens is 1. The number of nitrogens with one attached hydrogen (secondary N) is 1. The molecule has 0 spiro atoms. The van der Waals surface area contributed by atoms with Gasteiger partial charge in [0, 0.05) is 49.2 Å². The Morgan fingerprint density at radius 1 is 1.13 bits per heavy atom. The fourth-order valence-corrected chi connectivity index (χ4v) is 4.55. The Balaban J connectivity index is 1.42. The van der Waals surface area contributed by atoms with Crippen molar-refractivity contribution in [2.75, 3.05) is 42.1 Å². The van der Waals surface area contributed by atoms with Crippen molar-refractivity contribution < 1.29 is 9.18 Å².